The van der Waals surface area contributed by atoms with Gasteiger partial charge < -0.3 is 10.5 Å². The number of benzene rings is 1. The summed E-state index contributed by atoms with van der Waals surface area (Å²) in [5.74, 6) is -3.16. The molecule has 0 saturated heterocycles. The van der Waals surface area contributed by atoms with Gasteiger partial charge in [-0.25, -0.2) is 13.2 Å². The van der Waals surface area contributed by atoms with E-state index in [0.717, 1.165) is 10.8 Å². The standard InChI is InChI=1S/C28H24ClF3N4O3/c1-14-11-35-24(16-6-5-7-17(9-16)28(3,4)27(33)38)23(32)25(14)36-15(2)8-21(22(29)26(36)37)39-13-20-19(31)10-18(30)12-34-20/h5-12H,13H2,1-4H3,(H2,33,38). The van der Waals surface area contributed by atoms with Gasteiger partial charge in [0.1, 0.15) is 34.6 Å². The Morgan fingerprint density at radius 1 is 1.10 bits per heavy atom. The molecule has 202 valence electrons. The van der Waals surface area contributed by atoms with Crippen molar-refractivity contribution in [2.45, 2.75) is 39.7 Å². The maximum atomic E-state index is 16.1. The van der Waals surface area contributed by atoms with E-state index in [1.807, 2.05) is 0 Å². The van der Waals surface area contributed by atoms with Crippen LogP contribution in [0.4, 0.5) is 13.2 Å². The first-order valence-electron chi connectivity index (χ1n) is 11.7. The predicted octanol–water partition coefficient (Wildman–Crippen LogP) is 5.32. The molecule has 11 heteroatoms. The number of pyridine rings is 3. The Kier molecular flexibility index (Phi) is 7.52. The molecule has 7 nitrogen and oxygen atoms in total. The molecule has 2 N–H and O–H groups in total. The minimum Gasteiger partial charge on any atom is -0.485 e. The van der Waals surface area contributed by atoms with Crippen molar-refractivity contribution in [2.75, 3.05) is 0 Å². The van der Waals surface area contributed by atoms with Crippen molar-refractivity contribution in [1.29, 1.82) is 0 Å². The molecule has 4 rings (SSSR count). The third-order valence-electron chi connectivity index (χ3n) is 6.42. The fraction of sp³-hybridized carbons (Fsp3) is 0.214. The highest BCUT2D eigenvalue weighted by molar-refractivity contribution is 6.31. The number of rotatable bonds is 7. The third kappa shape index (κ3) is 5.24. The maximum Gasteiger partial charge on any atom is 0.278 e. The van der Waals surface area contributed by atoms with Crippen molar-refractivity contribution in [2.24, 2.45) is 5.73 Å². The maximum absolute atomic E-state index is 16.1. The van der Waals surface area contributed by atoms with Crippen LogP contribution in [-0.2, 0) is 16.8 Å². The Morgan fingerprint density at radius 2 is 1.82 bits per heavy atom. The molecule has 3 aromatic heterocycles. The Bertz CT molecular complexity index is 1670. The van der Waals surface area contributed by atoms with E-state index in [2.05, 4.69) is 9.97 Å². The minimum absolute atomic E-state index is 0.0432. The van der Waals surface area contributed by atoms with E-state index in [1.54, 1.807) is 52.0 Å². The van der Waals surface area contributed by atoms with E-state index in [1.165, 1.54) is 12.3 Å². The highest BCUT2D eigenvalue weighted by Crippen LogP contribution is 2.32. The summed E-state index contributed by atoms with van der Waals surface area (Å²) in [6, 6.07) is 8.69. The molecule has 0 atom stereocenters. The van der Waals surface area contributed by atoms with E-state index in [-0.39, 0.29) is 33.5 Å². The number of aromatic nitrogens is 3. The van der Waals surface area contributed by atoms with Crippen LogP contribution in [0.5, 0.6) is 5.75 Å². The van der Waals surface area contributed by atoms with Gasteiger partial charge in [0.05, 0.1) is 17.3 Å². The van der Waals surface area contributed by atoms with E-state index in [4.69, 9.17) is 22.1 Å². The monoisotopic (exact) mass is 556 g/mol. The second-order valence-electron chi connectivity index (χ2n) is 9.50. The number of primary amides is 1. The van der Waals surface area contributed by atoms with Gasteiger partial charge in [-0.1, -0.05) is 29.8 Å². The Hall–Kier alpha value is -4.18. The zero-order chi connectivity index (χ0) is 28.6. The van der Waals surface area contributed by atoms with Crippen LogP contribution in [0.15, 0.2) is 53.6 Å². The van der Waals surface area contributed by atoms with Crippen LogP contribution in [0, 0.1) is 31.3 Å². The van der Waals surface area contributed by atoms with Crippen molar-refractivity contribution in [3.05, 3.63) is 104 Å². The number of hydrogen-bond acceptors (Lipinski definition) is 5. The Balaban J connectivity index is 1.77. The molecular weight excluding hydrogens is 533 g/mol. The molecule has 0 aliphatic carbocycles. The van der Waals surface area contributed by atoms with E-state index < -0.39 is 40.9 Å². The van der Waals surface area contributed by atoms with Crippen LogP contribution in [0.25, 0.3) is 16.9 Å². The predicted molar refractivity (Wildman–Crippen MR) is 140 cm³/mol. The van der Waals surface area contributed by atoms with Crippen molar-refractivity contribution in [3.8, 4) is 22.7 Å². The zero-order valence-electron chi connectivity index (χ0n) is 21.5. The van der Waals surface area contributed by atoms with Gasteiger partial charge in [0.2, 0.25) is 5.91 Å². The second-order valence-corrected chi connectivity index (χ2v) is 9.88. The van der Waals surface area contributed by atoms with Gasteiger partial charge in [-0.05, 0) is 44.9 Å². The van der Waals surface area contributed by atoms with Crippen LogP contribution in [-0.4, -0.2) is 20.4 Å². The first kappa shape index (κ1) is 27.8. The molecule has 0 aliphatic rings. The molecule has 1 aromatic carbocycles. The largest absolute Gasteiger partial charge is 0.485 e. The lowest BCUT2D eigenvalue weighted by Crippen LogP contribution is -2.35. The smallest absolute Gasteiger partial charge is 0.278 e. The molecule has 0 bridgehead atoms. The number of carbonyl (C=O) groups excluding carboxylic acids is 1. The highest BCUT2D eigenvalue weighted by atomic mass is 35.5. The highest BCUT2D eigenvalue weighted by Gasteiger charge is 2.28. The number of nitrogens with two attached hydrogens (primary N) is 1. The van der Waals surface area contributed by atoms with E-state index in [0.29, 0.717) is 22.8 Å². The van der Waals surface area contributed by atoms with Crippen molar-refractivity contribution >= 4 is 17.5 Å². The van der Waals surface area contributed by atoms with E-state index in [9.17, 15) is 18.4 Å². The van der Waals surface area contributed by atoms with Crippen molar-refractivity contribution < 1.29 is 22.7 Å². The summed E-state index contributed by atoms with van der Waals surface area (Å²) in [4.78, 5) is 33.2. The van der Waals surface area contributed by atoms with Crippen LogP contribution in [0.1, 0.15) is 36.4 Å². The quantitative estimate of drug-likeness (QED) is 0.332. The fourth-order valence-electron chi connectivity index (χ4n) is 4.00. The van der Waals surface area contributed by atoms with E-state index >= 15 is 4.39 Å². The van der Waals surface area contributed by atoms with Crippen molar-refractivity contribution in [1.82, 2.24) is 14.5 Å². The lowest BCUT2D eigenvalue weighted by molar-refractivity contribution is -0.122. The topological polar surface area (TPSA) is 100 Å². The van der Waals surface area contributed by atoms with Gasteiger partial charge in [0.25, 0.3) is 5.56 Å². The van der Waals surface area contributed by atoms with Gasteiger partial charge in [-0.2, -0.15) is 0 Å². The molecule has 0 aliphatic heterocycles. The molecule has 0 fully saturated rings. The van der Waals surface area contributed by atoms with Crippen molar-refractivity contribution in [3.63, 3.8) is 0 Å². The number of amides is 1. The lowest BCUT2D eigenvalue weighted by atomic mass is 9.83. The van der Waals surface area contributed by atoms with Crippen LogP contribution >= 0.6 is 11.6 Å². The number of ether oxygens (including phenoxy) is 1. The summed E-state index contributed by atoms with van der Waals surface area (Å²) in [6.07, 6.45) is 2.26. The van der Waals surface area contributed by atoms with Gasteiger partial charge in [-0.3, -0.25) is 24.1 Å². The molecule has 3 heterocycles. The van der Waals surface area contributed by atoms with Crippen LogP contribution in [0.3, 0.4) is 0 Å². The van der Waals surface area contributed by atoms with Crippen LogP contribution < -0.4 is 16.0 Å². The average molecular weight is 557 g/mol. The second kappa shape index (κ2) is 10.5. The molecule has 4 aromatic rings. The molecule has 1 amide bonds. The Labute approximate surface area is 227 Å². The molecule has 0 radical (unpaired) electrons. The van der Waals surface area contributed by atoms with Gasteiger partial charge in [-0.15, -0.1) is 0 Å². The van der Waals surface area contributed by atoms with Gasteiger partial charge >= 0.3 is 0 Å². The number of halogens is 4. The normalized spacial score (nSPS) is 11.5. The number of aryl methyl sites for hydroxylation is 2. The summed E-state index contributed by atoms with van der Waals surface area (Å²) in [6.45, 7) is 6.05. The zero-order valence-corrected chi connectivity index (χ0v) is 22.2. The number of nitrogens with zero attached hydrogens (tertiary/aromatic N) is 3. The molecular formula is C28H24ClF3N4O3. The van der Waals surface area contributed by atoms with Crippen LogP contribution in [0.2, 0.25) is 5.02 Å². The third-order valence-corrected chi connectivity index (χ3v) is 6.77. The summed E-state index contributed by atoms with van der Waals surface area (Å²) < 4.78 is 49.7. The SMILES string of the molecule is Cc1cnc(-c2cccc(C(C)(C)C(N)=O)c2)c(F)c1-n1c(C)cc(OCc2ncc(F)cc2F)c(Cl)c1=O. The summed E-state index contributed by atoms with van der Waals surface area (Å²) in [7, 11) is 0. The Morgan fingerprint density at radius 3 is 2.49 bits per heavy atom. The summed E-state index contributed by atoms with van der Waals surface area (Å²) in [5, 5.41) is -0.370. The molecule has 0 spiro atoms. The number of carbonyl (C=O) groups is 1. The summed E-state index contributed by atoms with van der Waals surface area (Å²) >= 11 is 6.30. The number of hydrogen-bond donors (Lipinski definition) is 1. The lowest BCUT2D eigenvalue weighted by Gasteiger charge is -2.22. The summed E-state index contributed by atoms with van der Waals surface area (Å²) in [5.41, 5.74) is 5.04. The first-order valence-corrected chi connectivity index (χ1v) is 12.1. The first-order chi connectivity index (χ1) is 18.3. The van der Waals surface area contributed by atoms with Gasteiger partial charge in [0, 0.05) is 29.6 Å². The molecule has 39 heavy (non-hydrogen) atoms. The fourth-order valence-corrected chi connectivity index (χ4v) is 4.19. The average Bonchev–Trinajstić information content (AvgIpc) is 2.88. The van der Waals surface area contributed by atoms with Gasteiger partial charge in [0.15, 0.2) is 11.6 Å². The molecule has 0 saturated carbocycles. The molecule has 0 unspecified atom stereocenters. The minimum atomic E-state index is -1.01.